The first-order valence-electron chi connectivity index (χ1n) is 5.61. The molecule has 0 aromatic heterocycles. The first kappa shape index (κ1) is 12.8. The quantitative estimate of drug-likeness (QED) is 0.806. The normalized spacial score (nSPS) is 11.3. The van der Waals surface area contributed by atoms with Crippen LogP contribution < -0.4 is 10.1 Å². The van der Waals surface area contributed by atoms with E-state index in [0.717, 1.165) is 17.0 Å². The van der Waals surface area contributed by atoms with Crippen LogP contribution in [0.4, 0.5) is 5.69 Å². The highest BCUT2D eigenvalue weighted by atomic mass is 16.5. The predicted octanol–water partition coefficient (Wildman–Crippen LogP) is 2.58. The Balaban J connectivity index is 2.81. The highest BCUT2D eigenvalue weighted by molar-refractivity contribution is 5.52. The third-order valence-corrected chi connectivity index (χ3v) is 2.35. The lowest BCUT2D eigenvalue weighted by molar-refractivity contribution is 0.234. The third-order valence-electron chi connectivity index (χ3n) is 2.35. The molecule has 3 nitrogen and oxygen atoms in total. The Hall–Kier alpha value is -1.22. The molecule has 1 aromatic rings. The van der Waals surface area contributed by atoms with Crippen molar-refractivity contribution >= 4 is 5.69 Å². The van der Waals surface area contributed by atoms with Crippen molar-refractivity contribution in [2.24, 2.45) is 0 Å². The second kappa shape index (κ2) is 5.21. The number of hydrogen-bond donors (Lipinski definition) is 2. The van der Waals surface area contributed by atoms with E-state index in [0.29, 0.717) is 6.61 Å². The molecule has 3 heteroatoms. The van der Waals surface area contributed by atoms with Crippen LogP contribution in [0.25, 0.3) is 0 Å². The third kappa shape index (κ3) is 3.42. The predicted molar refractivity (Wildman–Crippen MR) is 67.1 cm³/mol. The maximum Gasteiger partial charge on any atom is 0.122 e. The lowest BCUT2D eigenvalue weighted by atomic mass is 10.1. The molecule has 0 atom stereocenters. The Kier molecular flexibility index (Phi) is 4.19. The number of aliphatic hydroxyl groups excluding tert-OH is 1. The van der Waals surface area contributed by atoms with E-state index in [1.165, 1.54) is 0 Å². The molecule has 0 amide bonds. The van der Waals surface area contributed by atoms with E-state index < -0.39 is 0 Å². The van der Waals surface area contributed by atoms with Gasteiger partial charge in [-0.25, -0.2) is 0 Å². The minimum Gasteiger partial charge on any atom is -0.494 e. The number of rotatable bonds is 5. The molecule has 90 valence electrons. The van der Waals surface area contributed by atoms with E-state index in [4.69, 9.17) is 4.74 Å². The van der Waals surface area contributed by atoms with Gasteiger partial charge in [-0.3, -0.25) is 0 Å². The molecule has 1 aromatic carbocycles. The monoisotopic (exact) mass is 223 g/mol. The molecular weight excluding hydrogens is 202 g/mol. The van der Waals surface area contributed by atoms with Gasteiger partial charge in [-0.2, -0.15) is 0 Å². The van der Waals surface area contributed by atoms with Gasteiger partial charge in [0.05, 0.1) is 18.8 Å². The number of anilines is 1. The zero-order valence-electron chi connectivity index (χ0n) is 10.5. The average molecular weight is 223 g/mol. The largest absolute Gasteiger partial charge is 0.494 e. The maximum absolute atomic E-state index is 9.18. The zero-order valence-corrected chi connectivity index (χ0v) is 10.5. The summed E-state index contributed by atoms with van der Waals surface area (Å²) in [4.78, 5) is 0. The molecule has 0 saturated carbocycles. The van der Waals surface area contributed by atoms with Crippen molar-refractivity contribution in [2.75, 3.05) is 18.5 Å². The number of aliphatic hydroxyl groups is 1. The van der Waals surface area contributed by atoms with Crippen LogP contribution in [-0.4, -0.2) is 23.9 Å². The molecule has 0 aliphatic rings. The van der Waals surface area contributed by atoms with E-state index >= 15 is 0 Å². The van der Waals surface area contributed by atoms with Gasteiger partial charge in [0.25, 0.3) is 0 Å². The average Bonchev–Trinajstić information content (AvgIpc) is 2.22. The summed E-state index contributed by atoms with van der Waals surface area (Å²) in [5, 5.41) is 12.4. The summed E-state index contributed by atoms with van der Waals surface area (Å²) in [7, 11) is 0. The number of hydrogen-bond acceptors (Lipinski definition) is 3. The van der Waals surface area contributed by atoms with Crippen LogP contribution in [0, 0.1) is 6.92 Å². The lowest BCUT2D eigenvalue weighted by Gasteiger charge is -2.25. The summed E-state index contributed by atoms with van der Waals surface area (Å²) in [6.45, 7) is 8.68. The first-order valence-corrected chi connectivity index (χ1v) is 5.61. The van der Waals surface area contributed by atoms with Crippen molar-refractivity contribution in [1.29, 1.82) is 0 Å². The number of ether oxygens (including phenoxy) is 1. The van der Waals surface area contributed by atoms with Gasteiger partial charge in [-0.1, -0.05) is 0 Å². The Labute approximate surface area is 97.4 Å². The fourth-order valence-corrected chi connectivity index (χ4v) is 1.47. The summed E-state index contributed by atoms with van der Waals surface area (Å²) < 4.78 is 5.47. The SMILES string of the molecule is CCOc1ccc(NC(C)(C)CO)cc1C. The fourth-order valence-electron chi connectivity index (χ4n) is 1.47. The van der Waals surface area contributed by atoms with E-state index in [9.17, 15) is 5.11 Å². The fraction of sp³-hybridized carbons (Fsp3) is 0.538. The van der Waals surface area contributed by atoms with Crippen molar-refractivity contribution in [3.63, 3.8) is 0 Å². The van der Waals surface area contributed by atoms with Gasteiger partial charge in [-0.05, 0) is 51.5 Å². The molecule has 0 heterocycles. The van der Waals surface area contributed by atoms with Crippen LogP contribution in [0.2, 0.25) is 0 Å². The van der Waals surface area contributed by atoms with Crippen LogP contribution >= 0.6 is 0 Å². The van der Waals surface area contributed by atoms with Crippen LogP contribution in [-0.2, 0) is 0 Å². The minimum absolute atomic E-state index is 0.0965. The lowest BCUT2D eigenvalue weighted by Crippen LogP contribution is -2.34. The molecular formula is C13H21NO2. The van der Waals surface area contributed by atoms with Crippen molar-refractivity contribution in [3.05, 3.63) is 23.8 Å². The summed E-state index contributed by atoms with van der Waals surface area (Å²) in [5.74, 6) is 0.912. The van der Waals surface area contributed by atoms with Crippen molar-refractivity contribution in [1.82, 2.24) is 0 Å². The smallest absolute Gasteiger partial charge is 0.122 e. The molecule has 0 radical (unpaired) electrons. The molecule has 0 spiro atoms. The van der Waals surface area contributed by atoms with Gasteiger partial charge in [0.1, 0.15) is 5.75 Å². The van der Waals surface area contributed by atoms with Crippen LogP contribution in [0.5, 0.6) is 5.75 Å². The maximum atomic E-state index is 9.18. The molecule has 0 saturated heterocycles. The van der Waals surface area contributed by atoms with Gasteiger partial charge in [0.15, 0.2) is 0 Å². The molecule has 16 heavy (non-hydrogen) atoms. The Bertz CT molecular complexity index is 348. The molecule has 0 aliphatic carbocycles. The molecule has 2 N–H and O–H groups in total. The molecule has 0 unspecified atom stereocenters. The number of aryl methyl sites for hydroxylation is 1. The van der Waals surface area contributed by atoms with Gasteiger partial charge in [0.2, 0.25) is 0 Å². The first-order chi connectivity index (χ1) is 7.48. The van der Waals surface area contributed by atoms with Crippen LogP contribution in [0.15, 0.2) is 18.2 Å². The Morgan fingerprint density at radius 3 is 2.56 bits per heavy atom. The minimum atomic E-state index is -0.306. The Morgan fingerprint density at radius 1 is 1.38 bits per heavy atom. The number of benzene rings is 1. The second-order valence-electron chi connectivity index (χ2n) is 4.58. The van der Waals surface area contributed by atoms with Crippen molar-refractivity contribution in [3.8, 4) is 5.75 Å². The van der Waals surface area contributed by atoms with Gasteiger partial charge in [-0.15, -0.1) is 0 Å². The topological polar surface area (TPSA) is 41.5 Å². The second-order valence-corrected chi connectivity index (χ2v) is 4.58. The van der Waals surface area contributed by atoms with Crippen molar-refractivity contribution in [2.45, 2.75) is 33.2 Å². The van der Waals surface area contributed by atoms with Gasteiger partial charge < -0.3 is 15.2 Å². The summed E-state index contributed by atoms with van der Waals surface area (Å²) in [6.07, 6.45) is 0. The Morgan fingerprint density at radius 2 is 2.06 bits per heavy atom. The summed E-state index contributed by atoms with van der Waals surface area (Å²) in [6, 6.07) is 5.95. The number of nitrogens with one attached hydrogen (secondary N) is 1. The molecule has 0 fully saturated rings. The molecule has 1 rings (SSSR count). The van der Waals surface area contributed by atoms with Gasteiger partial charge >= 0.3 is 0 Å². The van der Waals surface area contributed by atoms with E-state index in [1.807, 2.05) is 45.9 Å². The van der Waals surface area contributed by atoms with Gasteiger partial charge in [0, 0.05) is 5.69 Å². The molecule has 0 bridgehead atoms. The van der Waals surface area contributed by atoms with Crippen molar-refractivity contribution < 1.29 is 9.84 Å². The highest BCUT2D eigenvalue weighted by Crippen LogP contribution is 2.23. The standard InChI is InChI=1S/C13H21NO2/c1-5-16-12-7-6-11(8-10(12)2)14-13(3,4)9-15/h6-8,14-15H,5,9H2,1-4H3. The summed E-state index contributed by atoms with van der Waals surface area (Å²) >= 11 is 0. The summed E-state index contributed by atoms with van der Waals surface area (Å²) in [5.41, 5.74) is 1.79. The van der Waals surface area contributed by atoms with Crippen LogP contribution in [0.1, 0.15) is 26.3 Å². The van der Waals surface area contributed by atoms with E-state index in [1.54, 1.807) is 0 Å². The highest BCUT2D eigenvalue weighted by Gasteiger charge is 2.15. The van der Waals surface area contributed by atoms with Crippen LogP contribution in [0.3, 0.4) is 0 Å². The van der Waals surface area contributed by atoms with E-state index in [2.05, 4.69) is 5.32 Å². The van der Waals surface area contributed by atoms with E-state index in [-0.39, 0.29) is 12.1 Å². The zero-order chi connectivity index (χ0) is 12.2. The molecule has 0 aliphatic heterocycles.